The Hall–Kier alpha value is -0.703. The smallest absolute Gasteiger partial charge is 0.379 e. The van der Waals surface area contributed by atoms with Gasteiger partial charge in [0.1, 0.15) is 0 Å². The Morgan fingerprint density at radius 2 is 0.667 bits per heavy atom. The van der Waals surface area contributed by atoms with E-state index in [1.54, 1.807) is 0 Å². The molecule has 0 rings (SSSR count). The summed E-state index contributed by atoms with van der Waals surface area (Å²) in [6, 6.07) is 0. The molecule has 0 amide bonds. The average molecular weight is 364 g/mol. The third-order valence-electron chi connectivity index (χ3n) is 1.66. The third kappa shape index (κ3) is 6.73. The van der Waals surface area contributed by atoms with E-state index in [1.807, 2.05) is 0 Å². The first-order chi connectivity index (χ1) is 8.97. The lowest BCUT2D eigenvalue weighted by Crippen LogP contribution is -2.49. The zero-order valence-electron chi connectivity index (χ0n) is 9.21. The Bertz CT molecular complexity index is 267. The molecule has 0 aliphatic rings. The third-order valence-corrected chi connectivity index (χ3v) is 2.60. The molecule has 2 nitrogen and oxygen atoms in total. The minimum atomic E-state index is -6.05. The van der Waals surface area contributed by atoms with Gasteiger partial charge in [-0.15, -0.1) is 0 Å². The summed E-state index contributed by atoms with van der Waals surface area (Å²) in [4.78, 5) is 0. The molecule has 0 fully saturated rings. The minimum Gasteiger partial charge on any atom is -0.379 e. The number of halogens is 12. The molecule has 0 saturated heterocycles. The lowest BCUT2D eigenvalue weighted by molar-refractivity contribution is -0.315. The second-order valence-electron chi connectivity index (χ2n) is 3.38. The molecular formula is C6H4F12O2Si. The molecule has 15 heteroatoms. The van der Waals surface area contributed by atoms with Crippen LogP contribution in [0.5, 0.6) is 0 Å². The van der Waals surface area contributed by atoms with Crippen LogP contribution in [0.2, 0.25) is 0 Å². The highest BCUT2D eigenvalue weighted by atomic mass is 28.3. The molecule has 0 radical (unpaired) electrons. The van der Waals surface area contributed by atoms with Crippen LogP contribution < -0.4 is 0 Å². The summed E-state index contributed by atoms with van der Waals surface area (Å²) in [5.41, 5.74) is 0. The Morgan fingerprint density at radius 3 is 0.810 bits per heavy atom. The molecule has 128 valence electrons. The molecule has 0 aromatic carbocycles. The van der Waals surface area contributed by atoms with Gasteiger partial charge in [-0.3, -0.25) is 0 Å². The number of hydrogen-bond acceptors (Lipinski definition) is 2. The van der Waals surface area contributed by atoms with E-state index in [1.165, 1.54) is 0 Å². The van der Waals surface area contributed by atoms with Crippen LogP contribution in [0.3, 0.4) is 0 Å². The van der Waals surface area contributed by atoms with Gasteiger partial charge in [0.25, 0.3) is 0 Å². The molecule has 0 heterocycles. The van der Waals surface area contributed by atoms with Gasteiger partial charge in [0.05, 0.1) is 0 Å². The van der Waals surface area contributed by atoms with Gasteiger partial charge < -0.3 is 8.85 Å². The highest BCUT2D eigenvalue weighted by molar-refractivity contribution is 6.18. The van der Waals surface area contributed by atoms with Crippen LogP contribution in [0.1, 0.15) is 0 Å². The van der Waals surface area contributed by atoms with E-state index in [0.717, 1.165) is 0 Å². The largest absolute Gasteiger partial charge is 0.422 e. The molecule has 0 spiro atoms. The van der Waals surface area contributed by atoms with Gasteiger partial charge in [0.15, 0.2) is 0 Å². The molecule has 0 N–H and O–H groups in total. The SMILES string of the molecule is FC(F)(F)C(O[SiH2]OC(C(F)(F)F)C(F)(F)F)C(F)(F)F. The van der Waals surface area contributed by atoms with Crippen LogP contribution in [0.15, 0.2) is 0 Å². The maximum absolute atomic E-state index is 11.9. The van der Waals surface area contributed by atoms with Crippen LogP contribution in [0.25, 0.3) is 0 Å². The van der Waals surface area contributed by atoms with E-state index in [-0.39, 0.29) is 0 Å². The molecule has 0 aliphatic heterocycles. The molecule has 0 atom stereocenters. The van der Waals surface area contributed by atoms with E-state index in [9.17, 15) is 52.7 Å². The number of alkyl halides is 12. The fourth-order valence-electron chi connectivity index (χ4n) is 0.924. The van der Waals surface area contributed by atoms with Crippen LogP contribution >= 0.6 is 0 Å². The highest BCUT2D eigenvalue weighted by Gasteiger charge is 2.60. The quantitative estimate of drug-likeness (QED) is 0.564. The van der Waals surface area contributed by atoms with Crippen molar-refractivity contribution < 1.29 is 61.5 Å². The number of hydrogen-bond donors (Lipinski definition) is 0. The molecule has 0 bridgehead atoms. The second-order valence-corrected chi connectivity index (χ2v) is 4.28. The molecular weight excluding hydrogens is 360 g/mol. The maximum Gasteiger partial charge on any atom is 0.422 e. The summed E-state index contributed by atoms with van der Waals surface area (Å²) < 4.78 is 149. The predicted octanol–water partition coefficient (Wildman–Crippen LogP) is 3.00. The average Bonchev–Trinajstić information content (AvgIpc) is 2.07. The van der Waals surface area contributed by atoms with Gasteiger partial charge in [-0.05, 0) is 0 Å². The lowest BCUT2D eigenvalue weighted by Gasteiger charge is -2.26. The van der Waals surface area contributed by atoms with Gasteiger partial charge in [-0.25, -0.2) is 0 Å². The lowest BCUT2D eigenvalue weighted by atomic mass is 10.3. The Labute approximate surface area is 110 Å². The molecule has 0 aliphatic carbocycles. The van der Waals surface area contributed by atoms with Crippen molar-refractivity contribution in [3.05, 3.63) is 0 Å². The topological polar surface area (TPSA) is 18.5 Å². The fraction of sp³-hybridized carbons (Fsp3) is 1.00. The molecule has 21 heavy (non-hydrogen) atoms. The molecule has 0 saturated carbocycles. The molecule has 0 unspecified atom stereocenters. The van der Waals surface area contributed by atoms with Crippen molar-refractivity contribution in [3.8, 4) is 0 Å². The summed E-state index contributed by atoms with van der Waals surface area (Å²) in [6.45, 7) is 0. The van der Waals surface area contributed by atoms with Gasteiger partial charge in [0, 0.05) is 0 Å². The predicted molar refractivity (Wildman–Crippen MR) is 42.5 cm³/mol. The van der Waals surface area contributed by atoms with Crippen molar-refractivity contribution in [2.24, 2.45) is 0 Å². The Morgan fingerprint density at radius 1 is 0.476 bits per heavy atom. The van der Waals surface area contributed by atoms with Crippen molar-refractivity contribution in [2.75, 3.05) is 0 Å². The fourth-order valence-corrected chi connectivity index (χ4v) is 2.03. The first-order valence-corrected chi connectivity index (χ1v) is 5.63. The van der Waals surface area contributed by atoms with Gasteiger partial charge in [-0.1, -0.05) is 0 Å². The summed E-state index contributed by atoms with van der Waals surface area (Å²) in [5, 5.41) is 0. The van der Waals surface area contributed by atoms with Crippen molar-refractivity contribution in [1.29, 1.82) is 0 Å². The van der Waals surface area contributed by atoms with E-state index >= 15 is 0 Å². The molecule has 0 aromatic rings. The zero-order chi connectivity index (χ0) is 17.3. The molecule has 0 aromatic heterocycles. The second kappa shape index (κ2) is 6.19. The van der Waals surface area contributed by atoms with Gasteiger partial charge in [-0.2, -0.15) is 52.7 Å². The first kappa shape index (κ1) is 20.3. The van der Waals surface area contributed by atoms with Crippen LogP contribution in [0.4, 0.5) is 52.7 Å². The van der Waals surface area contributed by atoms with Crippen molar-refractivity contribution >= 4 is 10.0 Å². The summed E-state index contributed by atoms with van der Waals surface area (Å²) in [5.74, 6) is 0. The summed E-state index contributed by atoms with van der Waals surface area (Å²) in [6.07, 6.45) is -33.2. The van der Waals surface area contributed by atoms with E-state index in [4.69, 9.17) is 0 Å². The Balaban J connectivity index is 4.84. The first-order valence-electron chi connectivity index (χ1n) is 4.47. The van der Waals surface area contributed by atoms with Crippen LogP contribution in [-0.4, -0.2) is 46.9 Å². The maximum atomic E-state index is 11.9. The van der Waals surface area contributed by atoms with Gasteiger partial charge >= 0.3 is 34.7 Å². The van der Waals surface area contributed by atoms with Crippen molar-refractivity contribution in [1.82, 2.24) is 0 Å². The standard InChI is InChI=1S/C6H4F12O2Si/c7-3(8,9)1(4(10,11)12)19-21-20-2(5(13,14)15)6(16,17)18/h1-2H,21H2. The normalized spacial score (nSPS) is 15.1. The number of rotatable bonds is 4. The van der Waals surface area contributed by atoms with Crippen molar-refractivity contribution in [3.63, 3.8) is 0 Å². The van der Waals surface area contributed by atoms with Crippen LogP contribution in [-0.2, 0) is 8.85 Å². The van der Waals surface area contributed by atoms with E-state index < -0.39 is 46.9 Å². The van der Waals surface area contributed by atoms with E-state index in [0.29, 0.717) is 0 Å². The highest BCUT2D eigenvalue weighted by Crippen LogP contribution is 2.37. The Kier molecular flexibility index (Phi) is 5.99. The monoisotopic (exact) mass is 364 g/mol. The van der Waals surface area contributed by atoms with E-state index in [2.05, 4.69) is 8.85 Å². The summed E-state index contributed by atoms with van der Waals surface area (Å²) >= 11 is 0. The summed E-state index contributed by atoms with van der Waals surface area (Å²) in [7, 11) is -3.88. The zero-order valence-corrected chi connectivity index (χ0v) is 10.6. The van der Waals surface area contributed by atoms with Gasteiger partial charge in [0.2, 0.25) is 12.2 Å². The van der Waals surface area contributed by atoms with Crippen LogP contribution in [0, 0.1) is 0 Å². The minimum absolute atomic E-state index is 3.06. The van der Waals surface area contributed by atoms with Crippen molar-refractivity contribution in [2.45, 2.75) is 36.9 Å².